The van der Waals surface area contributed by atoms with E-state index in [1.807, 2.05) is 0 Å². The third kappa shape index (κ3) is 4.84. The van der Waals surface area contributed by atoms with Gasteiger partial charge >= 0.3 is 0 Å². The van der Waals surface area contributed by atoms with E-state index in [0.717, 1.165) is 0 Å². The molecule has 0 spiro atoms. The minimum Gasteiger partial charge on any atom is -0.507 e. The Bertz CT molecular complexity index is 794. The summed E-state index contributed by atoms with van der Waals surface area (Å²) in [4.78, 5) is 24.2. The summed E-state index contributed by atoms with van der Waals surface area (Å²) in [5, 5.41) is 9.92. The second-order valence-electron chi connectivity index (χ2n) is 5.64. The molecule has 0 aromatic heterocycles. The van der Waals surface area contributed by atoms with E-state index < -0.39 is 23.2 Å². The van der Waals surface area contributed by atoms with Crippen molar-refractivity contribution in [3.05, 3.63) is 58.9 Å². The van der Waals surface area contributed by atoms with Crippen molar-refractivity contribution in [3.8, 4) is 11.5 Å². The fourth-order valence-electron chi connectivity index (χ4n) is 1.87. The summed E-state index contributed by atoms with van der Waals surface area (Å²) in [6, 6.07) is 9.12. The van der Waals surface area contributed by atoms with E-state index in [-0.39, 0.29) is 16.3 Å². The van der Waals surface area contributed by atoms with Gasteiger partial charge in [0.2, 0.25) is 0 Å². The molecule has 132 valence electrons. The molecule has 2 rings (SSSR count). The molecule has 0 radical (unpaired) electrons. The third-order valence-corrected chi connectivity index (χ3v) is 3.46. The van der Waals surface area contributed by atoms with Crippen molar-refractivity contribution in [2.45, 2.75) is 19.4 Å². The van der Waals surface area contributed by atoms with Crippen LogP contribution in [0.5, 0.6) is 11.5 Å². The van der Waals surface area contributed by atoms with E-state index in [0.29, 0.717) is 5.75 Å². The Morgan fingerprint density at radius 1 is 1.12 bits per heavy atom. The maximum Gasteiger partial charge on any atom is 0.281 e. The molecule has 0 bridgehead atoms. The van der Waals surface area contributed by atoms with Crippen molar-refractivity contribution in [1.82, 2.24) is 10.9 Å². The van der Waals surface area contributed by atoms with Crippen molar-refractivity contribution in [2.75, 3.05) is 0 Å². The van der Waals surface area contributed by atoms with Gasteiger partial charge in [-0.1, -0.05) is 11.6 Å². The zero-order valence-corrected chi connectivity index (χ0v) is 14.2. The lowest BCUT2D eigenvalue weighted by atomic mass is 10.1. The average Bonchev–Trinajstić information content (AvgIpc) is 2.56. The first-order chi connectivity index (χ1) is 11.7. The van der Waals surface area contributed by atoms with Crippen LogP contribution in [0.15, 0.2) is 42.5 Å². The average molecular weight is 367 g/mol. The van der Waals surface area contributed by atoms with Crippen molar-refractivity contribution in [3.63, 3.8) is 0 Å². The first-order valence-electron chi connectivity index (χ1n) is 7.23. The van der Waals surface area contributed by atoms with Gasteiger partial charge in [0.1, 0.15) is 17.3 Å². The number of phenols is 1. The Labute approximate surface area is 148 Å². The Morgan fingerprint density at radius 3 is 2.40 bits per heavy atom. The summed E-state index contributed by atoms with van der Waals surface area (Å²) in [5.41, 5.74) is 2.94. The van der Waals surface area contributed by atoms with Gasteiger partial charge in [-0.3, -0.25) is 20.4 Å². The number of phenolic OH excluding ortho intramolecular Hbond substituents is 1. The van der Waals surface area contributed by atoms with Crippen molar-refractivity contribution < 1.29 is 23.8 Å². The van der Waals surface area contributed by atoms with Gasteiger partial charge in [-0.25, -0.2) is 4.39 Å². The Balaban J connectivity index is 1.99. The molecule has 0 aliphatic carbocycles. The second kappa shape index (κ2) is 7.40. The molecular weight excluding hydrogens is 351 g/mol. The number of aromatic hydroxyl groups is 1. The monoisotopic (exact) mass is 366 g/mol. The van der Waals surface area contributed by atoms with Crippen molar-refractivity contribution in [2.24, 2.45) is 0 Å². The lowest BCUT2D eigenvalue weighted by molar-refractivity contribution is -0.135. The first kappa shape index (κ1) is 18.5. The van der Waals surface area contributed by atoms with Gasteiger partial charge in [-0.15, -0.1) is 0 Å². The molecule has 6 nitrogen and oxygen atoms in total. The largest absolute Gasteiger partial charge is 0.507 e. The van der Waals surface area contributed by atoms with Gasteiger partial charge in [-0.05, 0) is 56.3 Å². The lowest BCUT2D eigenvalue weighted by Gasteiger charge is -2.25. The standard InChI is InChI=1S/C17H16ClFN2O4/c1-17(2,25-12-6-4-11(19)5-7-12)16(24)21-20-15(23)13-9-10(18)3-8-14(13)22/h3-9,22H,1-2H3,(H,20,23)(H,21,24). The highest BCUT2D eigenvalue weighted by atomic mass is 35.5. The summed E-state index contributed by atoms with van der Waals surface area (Å²) in [7, 11) is 0. The third-order valence-electron chi connectivity index (χ3n) is 3.23. The zero-order valence-electron chi connectivity index (χ0n) is 13.5. The van der Waals surface area contributed by atoms with Crippen LogP contribution in [0, 0.1) is 5.82 Å². The summed E-state index contributed by atoms with van der Waals surface area (Å²) in [6.07, 6.45) is 0. The number of benzene rings is 2. The van der Waals surface area contributed by atoms with Gasteiger partial charge in [0.25, 0.3) is 11.8 Å². The quantitative estimate of drug-likeness (QED) is 0.726. The van der Waals surface area contributed by atoms with Crippen LogP contribution in [0.3, 0.4) is 0 Å². The van der Waals surface area contributed by atoms with Gasteiger partial charge in [-0.2, -0.15) is 0 Å². The number of carbonyl (C=O) groups is 2. The van der Waals surface area contributed by atoms with Crippen LogP contribution in [-0.2, 0) is 4.79 Å². The first-order valence-corrected chi connectivity index (χ1v) is 7.61. The predicted molar refractivity (Wildman–Crippen MR) is 89.8 cm³/mol. The number of hydrogen-bond acceptors (Lipinski definition) is 4. The lowest BCUT2D eigenvalue weighted by Crippen LogP contribution is -2.53. The van der Waals surface area contributed by atoms with Crippen LogP contribution in [0.4, 0.5) is 4.39 Å². The number of carbonyl (C=O) groups excluding carboxylic acids is 2. The Morgan fingerprint density at radius 2 is 1.76 bits per heavy atom. The molecule has 2 aromatic carbocycles. The Kier molecular flexibility index (Phi) is 5.48. The molecule has 0 fully saturated rings. The number of halogens is 2. The summed E-state index contributed by atoms with van der Waals surface area (Å²) < 4.78 is 18.4. The van der Waals surface area contributed by atoms with Crippen LogP contribution >= 0.6 is 11.6 Å². The molecule has 0 aliphatic rings. The van der Waals surface area contributed by atoms with Crippen LogP contribution in [-0.4, -0.2) is 22.5 Å². The molecule has 8 heteroatoms. The summed E-state index contributed by atoms with van der Waals surface area (Å²) in [6.45, 7) is 2.96. The number of hydrogen-bond donors (Lipinski definition) is 3. The van der Waals surface area contributed by atoms with Gasteiger partial charge in [0.05, 0.1) is 5.56 Å². The minimum atomic E-state index is -1.35. The maximum absolute atomic E-state index is 12.9. The molecule has 0 aliphatic heterocycles. The molecule has 0 saturated carbocycles. The van der Waals surface area contributed by atoms with Crippen LogP contribution < -0.4 is 15.6 Å². The molecule has 25 heavy (non-hydrogen) atoms. The fourth-order valence-corrected chi connectivity index (χ4v) is 2.04. The highest BCUT2D eigenvalue weighted by molar-refractivity contribution is 6.31. The molecule has 0 unspecified atom stereocenters. The highest BCUT2D eigenvalue weighted by Gasteiger charge is 2.30. The van der Waals surface area contributed by atoms with Gasteiger partial charge in [0.15, 0.2) is 5.60 Å². The van der Waals surface area contributed by atoms with E-state index >= 15 is 0 Å². The number of hydrazine groups is 1. The molecule has 2 aromatic rings. The van der Waals surface area contributed by atoms with Crippen LogP contribution in [0.1, 0.15) is 24.2 Å². The predicted octanol–water partition coefficient (Wildman–Crippen LogP) is 2.80. The van der Waals surface area contributed by atoms with Crippen molar-refractivity contribution in [1.29, 1.82) is 0 Å². The molecular formula is C17H16ClFN2O4. The zero-order chi connectivity index (χ0) is 18.6. The normalized spacial score (nSPS) is 10.9. The number of ether oxygens (including phenoxy) is 1. The highest BCUT2D eigenvalue weighted by Crippen LogP contribution is 2.21. The summed E-state index contributed by atoms with van der Waals surface area (Å²) >= 11 is 5.77. The molecule has 0 saturated heterocycles. The van der Waals surface area contributed by atoms with Gasteiger partial charge < -0.3 is 9.84 Å². The molecule has 0 atom stereocenters. The number of amides is 2. The van der Waals surface area contributed by atoms with E-state index in [4.69, 9.17) is 16.3 Å². The second-order valence-corrected chi connectivity index (χ2v) is 6.07. The molecule has 2 amide bonds. The summed E-state index contributed by atoms with van der Waals surface area (Å²) in [5.74, 6) is -1.81. The van der Waals surface area contributed by atoms with E-state index in [1.165, 1.54) is 56.3 Å². The number of rotatable bonds is 4. The SMILES string of the molecule is CC(C)(Oc1ccc(F)cc1)C(=O)NNC(=O)c1cc(Cl)ccc1O. The maximum atomic E-state index is 12.9. The van der Waals surface area contributed by atoms with E-state index in [9.17, 15) is 19.1 Å². The van der Waals surface area contributed by atoms with E-state index in [2.05, 4.69) is 10.9 Å². The number of nitrogens with one attached hydrogen (secondary N) is 2. The molecule has 3 N–H and O–H groups in total. The topological polar surface area (TPSA) is 87.7 Å². The van der Waals surface area contributed by atoms with E-state index in [1.54, 1.807) is 0 Å². The fraction of sp³-hybridized carbons (Fsp3) is 0.176. The Hall–Kier alpha value is -2.80. The molecule has 0 heterocycles. The smallest absolute Gasteiger partial charge is 0.281 e. The van der Waals surface area contributed by atoms with Crippen molar-refractivity contribution >= 4 is 23.4 Å². The van der Waals surface area contributed by atoms with Crippen LogP contribution in [0.25, 0.3) is 0 Å². The van der Waals surface area contributed by atoms with Crippen LogP contribution in [0.2, 0.25) is 5.02 Å². The van der Waals surface area contributed by atoms with Gasteiger partial charge in [0, 0.05) is 5.02 Å². The minimum absolute atomic E-state index is 0.0925.